The maximum absolute atomic E-state index is 4.17. The van der Waals surface area contributed by atoms with E-state index in [9.17, 15) is 0 Å². The molecule has 2 aromatic heterocycles. The molecule has 0 radical (unpaired) electrons. The van der Waals surface area contributed by atoms with Gasteiger partial charge in [-0.05, 0) is 19.4 Å². The number of H-pyrrole nitrogens is 1. The van der Waals surface area contributed by atoms with Gasteiger partial charge in [0.2, 0.25) is 0 Å². The number of nitrogens with zero attached hydrogens (tertiary/aromatic N) is 3. The van der Waals surface area contributed by atoms with Crippen LogP contribution in [0.2, 0.25) is 0 Å². The molecule has 4 heteroatoms. The molecule has 0 atom stereocenters. The second-order valence-electron chi connectivity index (χ2n) is 7.59. The Morgan fingerprint density at radius 2 is 1.37 bits per heavy atom. The summed E-state index contributed by atoms with van der Waals surface area (Å²) >= 11 is 0. The van der Waals surface area contributed by atoms with Gasteiger partial charge in [0.1, 0.15) is 0 Å². The Balaban J connectivity index is 0.000000625. The van der Waals surface area contributed by atoms with Crippen molar-refractivity contribution >= 4 is 0 Å². The van der Waals surface area contributed by atoms with Crippen LogP contribution in [0.5, 0.6) is 0 Å². The molecule has 0 amide bonds. The first kappa shape index (κ1) is 23.5. The number of aryl methyl sites for hydroxylation is 2. The summed E-state index contributed by atoms with van der Waals surface area (Å²) in [5.41, 5.74) is 1.29. The van der Waals surface area contributed by atoms with Gasteiger partial charge < -0.3 is 4.57 Å². The molecule has 2 rings (SSSR count). The van der Waals surface area contributed by atoms with Gasteiger partial charge in [-0.2, -0.15) is 5.10 Å². The minimum atomic E-state index is 1.14. The summed E-state index contributed by atoms with van der Waals surface area (Å²) in [5, 5.41) is 6.21. The Kier molecular flexibility index (Phi) is 15.5. The van der Waals surface area contributed by atoms with Crippen LogP contribution in [-0.2, 0) is 6.54 Å². The van der Waals surface area contributed by atoms with E-state index >= 15 is 0 Å². The quantitative estimate of drug-likeness (QED) is 0.338. The molecule has 0 spiro atoms. The van der Waals surface area contributed by atoms with Gasteiger partial charge in [-0.25, -0.2) is 4.98 Å². The van der Waals surface area contributed by atoms with Crippen molar-refractivity contribution < 1.29 is 0 Å². The molecule has 0 saturated heterocycles. The summed E-state index contributed by atoms with van der Waals surface area (Å²) in [7, 11) is 0. The number of aromatic amines is 1. The molecule has 0 bridgehead atoms. The van der Waals surface area contributed by atoms with Gasteiger partial charge in [0.25, 0.3) is 0 Å². The Bertz CT molecular complexity index is 487. The minimum absolute atomic E-state index is 1.14. The fraction of sp³-hybridized carbons (Fsp3) is 0.739. The molecule has 0 fully saturated rings. The number of hydrogen-bond acceptors (Lipinski definition) is 2. The van der Waals surface area contributed by atoms with Crippen LogP contribution in [-0.4, -0.2) is 19.7 Å². The van der Waals surface area contributed by atoms with Crippen molar-refractivity contribution in [1.29, 1.82) is 0 Å². The summed E-state index contributed by atoms with van der Waals surface area (Å²) in [4.78, 5) is 4.17. The van der Waals surface area contributed by atoms with E-state index in [2.05, 4.69) is 33.6 Å². The highest BCUT2D eigenvalue weighted by Crippen LogP contribution is 2.13. The van der Waals surface area contributed by atoms with E-state index in [1.165, 1.54) is 95.6 Å². The number of aromatic nitrogens is 4. The molecule has 2 heterocycles. The van der Waals surface area contributed by atoms with Crippen LogP contribution in [0.15, 0.2) is 31.0 Å². The van der Waals surface area contributed by atoms with E-state index in [0.717, 1.165) is 6.54 Å². The van der Waals surface area contributed by atoms with Crippen LogP contribution in [0.1, 0.15) is 103 Å². The van der Waals surface area contributed by atoms with Crippen molar-refractivity contribution in [1.82, 2.24) is 19.7 Å². The van der Waals surface area contributed by atoms with Crippen molar-refractivity contribution in [2.75, 3.05) is 0 Å². The topological polar surface area (TPSA) is 46.5 Å². The molecule has 2 aromatic rings. The van der Waals surface area contributed by atoms with Crippen LogP contribution < -0.4 is 0 Å². The van der Waals surface area contributed by atoms with E-state index in [1.807, 2.05) is 18.6 Å². The third-order valence-electron chi connectivity index (χ3n) is 5.08. The van der Waals surface area contributed by atoms with Crippen molar-refractivity contribution in [2.45, 2.75) is 110 Å². The molecule has 0 aromatic carbocycles. The van der Waals surface area contributed by atoms with Gasteiger partial charge in [0.05, 0.1) is 6.33 Å². The lowest BCUT2D eigenvalue weighted by atomic mass is 10.0. The second-order valence-corrected chi connectivity index (χ2v) is 7.59. The molecule has 0 aliphatic carbocycles. The summed E-state index contributed by atoms with van der Waals surface area (Å²) in [6.07, 6.45) is 27.3. The van der Waals surface area contributed by atoms with Gasteiger partial charge in [0, 0.05) is 30.8 Å². The first-order valence-corrected chi connectivity index (χ1v) is 11.2. The van der Waals surface area contributed by atoms with Gasteiger partial charge in [-0.3, -0.25) is 5.10 Å². The first-order valence-electron chi connectivity index (χ1n) is 11.2. The summed E-state index contributed by atoms with van der Waals surface area (Å²) in [6.45, 7) is 5.57. The lowest BCUT2D eigenvalue weighted by Gasteiger charge is -2.05. The molecule has 4 nitrogen and oxygen atoms in total. The highest BCUT2D eigenvalue weighted by Gasteiger charge is 1.97. The maximum Gasteiger partial charge on any atom is 0.0948 e. The predicted molar refractivity (Wildman–Crippen MR) is 116 cm³/mol. The average Bonchev–Trinajstić information content (AvgIpc) is 3.37. The zero-order chi connectivity index (χ0) is 19.4. The Morgan fingerprint density at radius 1 is 0.815 bits per heavy atom. The van der Waals surface area contributed by atoms with E-state index in [1.54, 1.807) is 12.4 Å². The highest BCUT2D eigenvalue weighted by atomic mass is 15.1. The number of hydrogen-bond donors (Lipinski definition) is 1. The molecule has 1 N–H and O–H groups in total. The molecule has 0 aliphatic heterocycles. The van der Waals surface area contributed by atoms with E-state index in [0.29, 0.717) is 0 Å². The largest absolute Gasteiger partial charge is 0.335 e. The van der Waals surface area contributed by atoms with Crippen LogP contribution >= 0.6 is 0 Å². The highest BCUT2D eigenvalue weighted by molar-refractivity contribution is 4.93. The molecule has 0 unspecified atom stereocenters. The van der Waals surface area contributed by atoms with Gasteiger partial charge >= 0.3 is 0 Å². The Hall–Kier alpha value is -1.58. The predicted octanol–water partition coefficient (Wildman–Crippen LogP) is 7.08. The van der Waals surface area contributed by atoms with Crippen molar-refractivity contribution in [3.8, 4) is 0 Å². The Labute approximate surface area is 167 Å². The average molecular weight is 375 g/mol. The number of imidazole rings is 1. The summed E-state index contributed by atoms with van der Waals surface area (Å²) < 4.78 is 2.26. The van der Waals surface area contributed by atoms with Crippen molar-refractivity contribution in [3.05, 3.63) is 36.7 Å². The van der Waals surface area contributed by atoms with E-state index in [-0.39, 0.29) is 0 Å². The zero-order valence-electron chi connectivity index (χ0n) is 17.8. The third-order valence-corrected chi connectivity index (χ3v) is 5.08. The fourth-order valence-corrected chi connectivity index (χ4v) is 3.31. The smallest absolute Gasteiger partial charge is 0.0948 e. The van der Waals surface area contributed by atoms with Crippen LogP contribution in [0.3, 0.4) is 0 Å². The van der Waals surface area contributed by atoms with Crippen molar-refractivity contribution in [2.24, 2.45) is 0 Å². The molecule has 154 valence electrons. The van der Waals surface area contributed by atoms with Gasteiger partial charge in [0.15, 0.2) is 0 Å². The molecular weight excluding hydrogens is 332 g/mol. The second kappa shape index (κ2) is 17.8. The van der Waals surface area contributed by atoms with E-state index in [4.69, 9.17) is 0 Å². The minimum Gasteiger partial charge on any atom is -0.335 e. The van der Waals surface area contributed by atoms with Crippen LogP contribution in [0, 0.1) is 6.92 Å². The summed E-state index contributed by atoms with van der Waals surface area (Å²) in [5.74, 6) is 0. The van der Waals surface area contributed by atoms with E-state index < -0.39 is 0 Å². The summed E-state index contributed by atoms with van der Waals surface area (Å²) in [6, 6.07) is 1.83. The van der Waals surface area contributed by atoms with Gasteiger partial charge in [-0.1, -0.05) is 90.4 Å². The zero-order valence-corrected chi connectivity index (χ0v) is 17.8. The van der Waals surface area contributed by atoms with Crippen LogP contribution in [0.25, 0.3) is 0 Å². The number of rotatable bonds is 15. The number of unbranched alkanes of at least 4 members (excludes halogenated alkanes) is 13. The standard InChI is InChI=1S/C20H38N2.C3H4N2/c1-3-4-5-6-7-8-9-10-11-12-13-14-15-16-17-22-19-21-18-20(22)2;1-2-4-5-3-1/h18-19H,3-17H2,1-2H3;1-3H,(H,4,5). The third kappa shape index (κ3) is 14.2. The molecule has 27 heavy (non-hydrogen) atoms. The molecule has 0 saturated carbocycles. The monoisotopic (exact) mass is 374 g/mol. The first-order chi connectivity index (χ1) is 13.3. The molecule has 0 aliphatic rings. The van der Waals surface area contributed by atoms with Gasteiger partial charge in [-0.15, -0.1) is 0 Å². The maximum atomic E-state index is 4.17. The SMILES string of the molecule is CCCCCCCCCCCCCCCCn1cncc1C.c1cn[nH]c1. The lowest BCUT2D eigenvalue weighted by Crippen LogP contribution is -1.98. The normalized spacial score (nSPS) is 10.6. The lowest BCUT2D eigenvalue weighted by molar-refractivity contribution is 0.522. The van der Waals surface area contributed by atoms with Crippen LogP contribution in [0.4, 0.5) is 0 Å². The number of nitrogens with one attached hydrogen (secondary N) is 1. The molecular formula is C23H42N4. The fourth-order valence-electron chi connectivity index (χ4n) is 3.31. The Morgan fingerprint density at radius 3 is 1.74 bits per heavy atom. The van der Waals surface area contributed by atoms with Crippen molar-refractivity contribution in [3.63, 3.8) is 0 Å².